The van der Waals surface area contributed by atoms with Gasteiger partial charge >= 0.3 is 0 Å². The van der Waals surface area contributed by atoms with Crippen LogP contribution >= 0.6 is 11.8 Å². The average molecular weight is 326 g/mol. The Balaban J connectivity index is 1.77. The second kappa shape index (κ2) is 6.34. The molecule has 3 nitrogen and oxygen atoms in total. The van der Waals surface area contributed by atoms with Gasteiger partial charge in [0.1, 0.15) is 5.82 Å². The van der Waals surface area contributed by atoms with E-state index in [9.17, 15) is 8.78 Å². The van der Waals surface area contributed by atoms with E-state index in [4.69, 9.17) is 11.8 Å². The Kier molecular flexibility index (Phi) is 4.45. The minimum absolute atomic E-state index is 0.0383. The molecule has 0 bridgehead atoms. The van der Waals surface area contributed by atoms with E-state index in [1.54, 1.807) is 10.5 Å². The Labute approximate surface area is 133 Å². The topological polar surface area (TPSA) is 21.1 Å². The highest BCUT2D eigenvalue weighted by Gasteiger charge is 2.28. The predicted molar refractivity (Wildman–Crippen MR) is 81.6 cm³/mol. The number of halogens is 3. The minimum atomic E-state index is -0.814. The molecule has 0 saturated heterocycles. The highest BCUT2D eigenvalue weighted by molar-refractivity contribution is 6.13. The molecule has 1 aromatic heterocycles. The van der Waals surface area contributed by atoms with Crippen molar-refractivity contribution < 1.29 is 8.78 Å². The molecule has 0 amide bonds. The number of aryl methyl sites for hydroxylation is 2. The molecule has 6 heteroatoms. The molecule has 1 atom stereocenters. The molecule has 0 aliphatic carbocycles. The van der Waals surface area contributed by atoms with Gasteiger partial charge in [0.15, 0.2) is 11.6 Å². The number of rotatable bonds is 4. The summed E-state index contributed by atoms with van der Waals surface area (Å²) in [6.07, 6.45) is 4.14. The van der Waals surface area contributed by atoms with Gasteiger partial charge in [-0.15, -0.1) is 0 Å². The van der Waals surface area contributed by atoms with E-state index >= 15 is 0 Å². The summed E-state index contributed by atoms with van der Waals surface area (Å²) in [6.45, 7) is 3.67. The molecule has 1 unspecified atom stereocenters. The van der Waals surface area contributed by atoms with E-state index in [1.165, 1.54) is 12.1 Å². The van der Waals surface area contributed by atoms with Crippen LogP contribution in [0, 0.1) is 11.6 Å². The lowest BCUT2D eigenvalue weighted by molar-refractivity contribution is 0.263. The number of fused-ring (bicyclic) bond motifs is 1. The maximum Gasteiger partial charge on any atom is 0.159 e. The van der Waals surface area contributed by atoms with Crippen molar-refractivity contribution in [1.29, 1.82) is 0 Å². The molecular weight excluding hydrogens is 308 g/mol. The molecule has 0 radical (unpaired) electrons. The summed E-state index contributed by atoms with van der Waals surface area (Å²) in [5, 5.41) is 0. The van der Waals surface area contributed by atoms with E-state index in [2.05, 4.69) is 16.5 Å². The second-order valence-corrected chi connectivity index (χ2v) is 5.96. The van der Waals surface area contributed by atoms with Gasteiger partial charge in [0.2, 0.25) is 0 Å². The highest BCUT2D eigenvalue weighted by atomic mass is 35.5. The second-order valence-electron chi connectivity index (χ2n) is 5.53. The molecule has 3 rings (SSSR count). The van der Waals surface area contributed by atoms with E-state index in [-0.39, 0.29) is 6.04 Å². The average Bonchev–Trinajstić information content (AvgIpc) is 2.92. The molecule has 2 aromatic rings. The summed E-state index contributed by atoms with van der Waals surface area (Å²) < 4.78 is 30.3. The van der Waals surface area contributed by atoms with E-state index < -0.39 is 11.6 Å². The Hall–Kier alpha value is -1.46. The van der Waals surface area contributed by atoms with E-state index in [0.717, 1.165) is 43.0 Å². The number of hydrogen-bond donors (Lipinski definition) is 0. The first kappa shape index (κ1) is 15.4. The summed E-state index contributed by atoms with van der Waals surface area (Å²) in [6, 6.07) is 4.08. The monoisotopic (exact) mass is 325 g/mol. The predicted octanol–water partition coefficient (Wildman–Crippen LogP) is 3.87. The molecule has 1 aliphatic rings. The zero-order valence-corrected chi connectivity index (χ0v) is 13.2. The van der Waals surface area contributed by atoms with Crippen LogP contribution in [0.3, 0.4) is 0 Å². The summed E-state index contributed by atoms with van der Waals surface area (Å²) in [4.78, 5) is 4.45. The van der Waals surface area contributed by atoms with Crippen LogP contribution < -0.4 is 0 Å². The first-order valence-corrected chi connectivity index (χ1v) is 7.84. The molecule has 0 saturated carbocycles. The van der Waals surface area contributed by atoms with Crippen LogP contribution in [-0.2, 0) is 19.4 Å². The van der Waals surface area contributed by atoms with Gasteiger partial charge in [-0.2, -0.15) is 0 Å². The van der Waals surface area contributed by atoms with Crippen molar-refractivity contribution >= 4 is 11.8 Å². The number of benzene rings is 1. The van der Waals surface area contributed by atoms with Gasteiger partial charge in [-0.25, -0.2) is 18.2 Å². The van der Waals surface area contributed by atoms with Crippen LogP contribution in [0.15, 0.2) is 24.4 Å². The number of nitrogens with zero attached hydrogens (tertiary/aromatic N) is 3. The van der Waals surface area contributed by atoms with E-state index in [0.29, 0.717) is 6.42 Å². The Morgan fingerprint density at radius 1 is 1.27 bits per heavy atom. The number of hydrogen-bond acceptors (Lipinski definition) is 2. The van der Waals surface area contributed by atoms with Crippen LogP contribution in [0.4, 0.5) is 8.78 Å². The van der Waals surface area contributed by atoms with Crippen LogP contribution in [0.1, 0.15) is 36.5 Å². The first-order valence-electron chi connectivity index (χ1n) is 7.50. The fraction of sp³-hybridized carbons (Fsp3) is 0.438. The molecule has 0 N–H and O–H groups in total. The van der Waals surface area contributed by atoms with Gasteiger partial charge in [0.05, 0.1) is 17.9 Å². The number of aromatic nitrogens is 2. The van der Waals surface area contributed by atoms with Gasteiger partial charge in [-0.3, -0.25) is 0 Å². The normalized spacial score (nSPS) is 18.5. The Morgan fingerprint density at radius 3 is 2.82 bits per heavy atom. The van der Waals surface area contributed by atoms with Crippen LogP contribution in [0.25, 0.3) is 0 Å². The van der Waals surface area contributed by atoms with Crippen molar-refractivity contribution in [1.82, 2.24) is 14.0 Å². The number of imidazole rings is 1. The lowest BCUT2D eigenvalue weighted by atomic mass is 10.0. The maximum absolute atomic E-state index is 13.3. The zero-order chi connectivity index (χ0) is 15.7. The lowest BCUT2D eigenvalue weighted by Crippen LogP contribution is -2.32. The third-order valence-electron chi connectivity index (χ3n) is 4.19. The minimum Gasteiger partial charge on any atom is -0.329 e. The maximum atomic E-state index is 13.3. The van der Waals surface area contributed by atoms with Gasteiger partial charge in [0.25, 0.3) is 0 Å². The lowest BCUT2D eigenvalue weighted by Gasteiger charge is -2.32. The molecule has 0 spiro atoms. The molecular formula is C16H18ClF2N3. The largest absolute Gasteiger partial charge is 0.329 e. The van der Waals surface area contributed by atoms with Gasteiger partial charge in [-0.1, -0.05) is 13.0 Å². The standard InChI is InChI=1S/C16H18ClF2N3/c1-2-16-20-10-15-14(22(17)8-7-21(15)16)6-4-11-3-5-12(18)13(19)9-11/h3,5,9-10,14H,2,4,6-8H2,1H3. The van der Waals surface area contributed by atoms with Crippen LogP contribution in [0.5, 0.6) is 0 Å². The molecule has 22 heavy (non-hydrogen) atoms. The van der Waals surface area contributed by atoms with Gasteiger partial charge in [-0.05, 0) is 42.3 Å². The fourth-order valence-corrected chi connectivity index (χ4v) is 3.29. The summed E-state index contributed by atoms with van der Waals surface area (Å²) in [5.41, 5.74) is 1.87. The summed E-state index contributed by atoms with van der Waals surface area (Å²) in [7, 11) is 0. The van der Waals surface area contributed by atoms with Crippen molar-refractivity contribution in [2.75, 3.05) is 6.54 Å². The van der Waals surface area contributed by atoms with Crippen molar-refractivity contribution in [2.24, 2.45) is 0 Å². The Bertz CT molecular complexity index is 671. The molecule has 1 aliphatic heterocycles. The molecule has 2 heterocycles. The Morgan fingerprint density at radius 2 is 2.09 bits per heavy atom. The third-order valence-corrected chi connectivity index (χ3v) is 4.60. The summed E-state index contributed by atoms with van der Waals surface area (Å²) in [5.74, 6) is -0.550. The highest BCUT2D eigenvalue weighted by Crippen LogP contribution is 2.32. The van der Waals surface area contributed by atoms with Crippen molar-refractivity contribution in [3.05, 3.63) is 53.1 Å². The molecule has 118 valence electrons. The first-order chi connectivity index (χ1) is 10.6. The quantitative estimate of drug-likeness (QED) is 0.796. The smallest absolute Gasteiger partial charge is 0.159 e. The molecule has 0 fully saturated rings. The zero-order valence-electron chi connectivity index (χ0n) is 12.4. The van der Waals surface area contributed by atoms with Crippen LogP contribution in [-0.4, -0.2) is 20.5 Å². The van der Waals surface area contributed by atoms with Gasteiger partial charge < -0.3 is 4.57 Å². The van der Waals surface area contributed by atoms with Crippen molar-refractivity contribution in [3.63, 3.8) is 0 Å². The molecule has 1 aromatic carbocycles. The summed E-state index contributed by atoms with van der Waals surface area (Å²) >= 11 is 6.34. The van der Waals surface area contributed by atoms with E-state index in [1.807, 2.05) is 6.20 Å². The fourth-order valence-electron chi connectivity index (χ4n) is 3.02. The van der Waals surface area contributed by atoms with Crippen LogP contribution in [0.2, 0.25) is 0 Å². The third kappa shape index (κ3) is 2.88. The van der Waals surface area contributed by atoms with Crippen molar-refractivity contribution in [2.45, 2.75) is 38.8 Å². The SMILES string of the molecule is CCc1ncc2n1CCN(Cl)C2CCc1ccc(F)c(F)c1. The van der Waals surface area contributed by atoms with Crippen molar-refractivity contribution in [3.8, 4) is 0 Å². The van der Waals surface area contributed by atoms with Gasteiger partial charge in [0, 0.05) is 19.5 Å².